The quantitative estimate of drug-likeness (QED) is 0.151. The van der Waals surface area contributed by atoms with Gasteiger partial charge >= 0.3 is 0 Å². The second kappa shape index (κ2) is 17.7. The van der Waals surface area contributed by atoms with Crippen LogP contribution in [0.2, 0.25) is 0 Å². The van der Waals surface area contributed by atoms with Gasteiger partial charge in [0, 0.05) is 33.2 Å². The molecule has 1 aliphatic rings. The lowest BCUT2D eigenvalue weighted by atomic mass is 9.68. The summed E-state index contributed by atoms with van der Waals surface area (Å²) >= 11 is 0. The van der Waals surface area contributed by atoms with Crippen molar-refractivity contribution in [3.05, 3.63) is 282 Å². The highest BCUT2D eigenvalue weighted by Crippen LogP contribution is 2.60. The van der Waals surface area contributed by atoms with Crippen LogP contribution in [0.15, 0.2) is 253 Å². The molecule has 11 aromatic carbocycles. The van der Waals surface area contributed by atoms with Crippen LogP contribution in [-0.4, -0.2) is 0 Å². The minimum atomic E-state index is -0.567. The molecule has 0 saturated carbocycles. The second-order valence-electron chi connectivity index (χ2n) is 22.4. The van der Waals surface area contributed by atoms with Gasteiger partial charge in [0.2, 0.25) is 0 Å². The first-order valence-corrected chi connectivity index (χ1v) is 26.4. The van der Waals surface area contributed by atoms with Crippen molar-refractivity contribution < 1.29 is 4.42 Å². The summed E-state index contributed by atoms with van der Waals surface area (Å²) in [5.41, 5.74) is 21.5. The van der Waals surface area contributed by atoms with Crippen LogP contribution < -0.4 is 4.90 Å². The van der Waals surface area contributed by atoms with Gasteiger partial charge < -0.3 is 9.32 Å². The summed E-state index contributed by atoms with van der Waals surface area (Å²) in [5.74, 6) is 0. The van der Waals surface area contributed by atoms with E-state index < -0.39 is 5.41 Å². The standard InChI is InChI=1S/C73H59NO/c1-71(2,3)53-45-50(46-54(47-53)72(4,5)6)56-32-19-23-49-24-20-34-60(68(49)56)58-29-14-17-38-65(58)74(55-43-41-48(42-44-55)57-33-21-35-61-59-30-15-18-40-67(59)75-70(57)61)66-39-22-37-64-69(66)62-31-13-16-36-63(62)73(64,51-25-9-7-10-26-51)52-27-11-8-12-28-52/h7-47H,1-6H3. The zero-order chi connectivity index (χ0) is 51.1. The van der Waals surface area contributed by atoms with E-state index in [1.807, 2.05) is 6.07 Å². The molecule has 0 fully saturated rings. The number of furan rings is 1. The number of fused-ring (bicyclic) bond motifs is 7. The largest absolute Gasteiger partial charge is 0.455 e. The number of hydrogen-bond acceptors (Lipinski definition) is 2. The number of para-hydroxylation sites is 3. The monoisotopic (exact) mass is 965 g/mol. The third-order valence-corrected chi connectivity index (χ3v) is 15.9. The van der Waals surface area contributed by atoms with Crippen LogP contribution in [0.4, 0.5) is 17.1 Å². The summed E-state index contributed by atoms with van der Waals surface area (Å²) in [7, 11) is 0. The molecule has 2 nitrogen and oxygen atoms in total. The minimum Gasteiger partial charge on any atom is -0.455 e. The molecule has 0 amide bonds. The number of anilines is 3. The van der Waals surface area contributed by atoms with Gasteiger partial charge in [0.05, 0.1) is 16.8 Å². The summed E-state index contributed by atoms with van der Waals surface area (Å²) in [5, 5.41) is 4.69. The molecule has 12 aromatic rings. The molecule has 0 spiro atoms. The van der Waals surface area contributed by atoms with E-state index in [4.69, 9.17) is 4.42 Å². The van der Waals surface area contributed by atoms with Crippen molar-refractivity contribution in [1.29, 1.82) is 0 Å². The van der Waals surface area contributed by atoms with Crippen molar-refractivity contribution >= 4 is 49.8 Å². The molecule has 1 aliphatic carbocycles. The van der Waals surface area contributed by atoms with Gasteiger partial charge in [0.25, 0.3) is 0 Å². The molecule has 2 heteroatoms. The van der Waals surface area contributed by atoms with E-state index >= 15 is 0 Å². The van der Waals surface area contributed by atoms with Gasteiger partial charge in [0.15, 0.2) is 0 Å². The maximum Gasteiger partial charge on any atom is 0.143 e. The lowest BCUT2D eigenvalue weighted by Crippen LogP contribution is -2.28. The molecule has 0 bridgehead atoms. The third-order valence-electron chi connectivity index (χ3n) is 15.9. The van der Waals surface area contributed by atoms with Crippen molar-refractivity contribution in [2.75, 3.05) is 4.90 Å². The van der Waals surface area contributed by atoms with Crippen molar-refractivity contribution in [3.8, 4) is 44.5 Å². The van der Waals surface area contributed by atoms with Crippen LogP contribution in [0.1, 0.15) is 74.9 Å². The fourth-order valence-electron chi connectivity index (χ4n) is 12.2. The normalized spacial score (nSPS) is 13.0. The van der Waals surface area contributed by atoms with Gasteiger partial charge in [-0.25, -0.2) is 0 Å². The van der Waals surface area contributed by atoms with Crippen LogP contribution in [0, 0.1) is 0 Å². The van der Waals surface area contributed by atoms with E-state index in [9.17, 15) is 0 Å². The Labute approximate surface area is 441 Å². The number of benzene rings is 11. The molecule has 0 atom stereocenters. The highest BCUT2D eigenvalue weighted by Gasteiger charge is 2.47. The first kappa shape index (κ1) is 46.1. The molecule has 0 saturated heterocycles. The average molecular weight is 966 g/mol. The summed E-state index contributed by atoms with van der Waals surface area (Å²) in [6, 6.07) is 92.3. The molecule has 362 valence electrons. The van der Waals surface area contributed by atoms with Crippen LogP contribution in [0.25, 0.3) is 77.2 Å². The molecule has 0 unspecified atom stereocenters. The Morgan fingerprint density at radius 3 is 1.59 bits per heavy atom. The van der Waals surface area contributed by atoms with Gasteiger partial charge in [-0.15, -0.1) is 0 Å². The van der Waals surface area contributed by atoms with Gasteiger partial charge in [0.1, 0.15) is 11.2 Å². The molecule has 0 aliphatic heterocycles. The Kier molecular flexibility index (Phi) is 10.9. The Balaban J connectivity index is 1.08. The number of hydrogen-bond donors (Lipinski definition) is 0. The summed E-state index contributed by atoms with van der Waals surface area (Å²) in [4.78, 5) is 2.53. The first-order valence-electron chi connectivity index (χ1n) is 26.4. The van der Waals surface area contributed by atoms with Crippen molar-refractivity contribution in [2.24, 2.45) is 0 Å². The third kappa shape index (κ3) is 7.53. The van der Waals surface area contributed by atoms with E-state index in [0.29, 0.717) is 0 Å². The molecular weight excluding hydrogens is 907 g/mol. The first-order chi connectivity index (χ1) is 36.5. The van der Waals surface area contributed by atoms with Crippen molar-refractivity contribution in [3.63, 3.8) is 0 Å². The predicted octanol–water partition coefficient (Wildman–Crippen LogP) is 20.2. The minimum absolute atomic E-state index is 0.0299. The average Bonchev–Trinajstić information content (AvgIpc) is 3.99. The van der Waals surface area contributed by atoms with E-state index in [-0.39, 0.29) is 10.8 Å². The van der Waals surface area contributed by atoms with Gasteiger partial charge in [-0.2, -0.15) is 0 Å². The Hall–Kier alpha value is -8.72. The zero-order valence-corrected chi connectivity index (χ0v) is 43.5. The number of nitrogens with zero attached hydrogens (tertiary/aromatic N) is 1. The van der Waals surface area contributed by atoms with Gasteiger partial charge in [-0.1, -0.05) is 260 Å². The fourth-order valence-corrected chi connectivity index (χ4v) is 12.2. The Morgan fingerprint density at radius 1 is 0.373 bits per heavy atom. The number of rotatable bonds is 8. The maximum absolute atomic E-state index is 6.61. The zero-order valence-electron chi connectivity index (χ0n) is 43.5. The molecule has 75 heavy (non-hydrogen) atoms. The van der Waals surface area contributed by atoms with Gasteiger partial charge in [-0.3, -0.25) is 0 Å². The molecular formula is C73H59NO. The lowest BCUT2D eigenvalue weighted by molar-refractivity contribution is 0.569. The van der Waals surface area contributed by atoms with Crippen LogP contribution in [-0.2, 0) is 16.2 Å². The molecule has 0 N–H and O–H groups in total. The molecule has 1 heterocycles. The second-order valence-corrected chi connectivity index (χ2v) is 22.4. The summed E-state index contributed by atoms with van der Waals surface area (Å²) < 4.78 is 6.61. The summed E-state index contributed by atoms with van der Waals surface area (Å²) in [6.45, 7) is 14.0. The van der Waals surface area contributed by atoms with Crippen LogP contribution >= 0.6 is 0 Å². The molecule has 1 aromatic heterocycles. The smallest absolute Gasteiger partial charge is 0.143 e. The van der Waals surface area contributed by atoms with E-state index in [2.05, 4.69) is 289 Å². The van der Waals surface area contributed by atoms with Crippen LogP contribution in [0.5, 0.6) is 0 Å². The molecule has 0 radical (unpaired) electrons. The Bertz CT molecular complexity index is 4050. The predicted molar refractivity (Wildman–Crippen MR) is 317 cm³/mol. The lowest BCUT2D eigenvalue weighted by Gasteiger charge is -2.34. The topological polar surface area (TPSA) is 16.4 Å². The SMILES string of the molecule is CC(C)(C)c1cc(-c2cccc3cccc(-c4ccccc4N(c4ccc(-c5cccc6c5oc5ccccc56)cc4)c4cccc5c4-c4ccccc4C5(c4ccccc4)c4ccccc4)c23)cc(C(C)(C)C)c1. The van der Waals surface area contributed by atoms with E-state index in [1.54, 1.807) is 0 Å². The highest BCUT2D eigenvalue weighted by atomic mass is 16.3. The fraction of sp³-hybridized carbons (Fsp3) is 0.123. The summed E-state index contributed by atoms with van der Waals surface area (Å²) in [6.07, 6.45) is 0. The maximum atomic E-state index is 6.61. The van der Waals surface area contributed by atoms with Crippen molar-refractivity contribution in [2.45, 2.75) is 57.8 Å². The van der Waals surface area contributed by atoms with Crippen molar-refractivity contribution in [1.82, 2.24) is 0 Å². The molecule has 13 rings (SSSR count). The van der Waals surface area contributed by atoms with E-state index in [0.717, 1.165) is 55.7 Å². The highest BCUT2D eigenvalue weighted by molar-refractivity contribution is 6.11. The van der Waals surface area contributed by atoms with Gasteiger partial charge in [-0.05, 0) is 113 Å². The van der Waals surface area contributed by atoms with Crippen LogP contribution in [0.3, 0.4) is 0 Å². The van der Waals surface area contributed by atoms with E-state index in [1.165, 1.54) is 72.0 Å². The Morgan fingerprint density at radius 2 is 0.893 bits per heavy atom.